The molecule has 2 aromatic carbocycles. The molecule has 2 N–H and O–H groups in total. The van der Waals surface area contributed by atoms with Gasteiger partial charge in [-0.3, -0.25) is 9.69 Å². The van der Waals surface area contributed by atoms with Crippen LogP contribution in [-0.4, -0.2) is 71.8 Å². The van der Waals surface area contributed by atoms with Crippen LogP contribution in [0.4, 0.5) is 0 Å². The minimum absolute atomic E-state index is 0.0963. The zero-order chi connectivity index (χ0) is 23.7. The van der Waals surface area contributed by atoms with E-state index >= 15 is 0 Å². The maximum absolute atomic E-state index is 13.1. The number of sulfonamides is 1. The highest BCUT2D eigenvalue weighted by Crippen LogP contribution is 2.21. The van der Waals surface area contributed by atoms with Crippen molar-refractivity contribution in [3.63, 3.8) is 0 Å². The van der Waals surface area contributed by atoms with E-state index in [2.05, 4.69) is 14.9 Å². The topological polar surface area (TPSA) is 97.0 Å². The zero-order valence-corrected chi connectivity index (χ0v) is 20.1. The molecule has 2 aromatic rings. The number of hydrogen-bond donors (Lipinski definition) is 2. The van der Waals surface area contributed by atoms with E-state index in [1.807, 2.05) is 30.3 Å². The Morgan fingerprint density at radius 2 is 1.88 bits per heavy atom. The van der Waals surface area contributed by atoms with Crippen LogP contribution in [0.2, 0.25) is 0 Å². The van der Waals surface area contributed by atoms with Crippen LogP contribution < -0.4 is 14.8 Å². The molecule has 1 atom stereocenters. The highest BCUT2D eigenvalue weighted by Gasteiger charge is 2.26. The lowest BCUT2D eigenvalue weighted by molar-refractivity contribution is -0.122. The number of benzene rings is 2. The Bertz CT molecular complexity index is 1010. The molecule has 1 aliphatic rings. The first-order chi connectivity index (χ1) is 15.9. The van der Waals surface area contributed by atoms with Gasteiger partial charge in [0, 0.05) is 19.6 Å². The summed E-state index contributed by atoms with van der Waals surface area (Å²) in [6.07, 6.45) is 1.04. The molecule has 0 spiro atoms. The Morgan fingerprint density at radius 3 is 2.55 bits per heavy atom. The minimum atomic E-state index is -3.91. The molecule has 3 rings (SSSR count). The van der Waals surface area contributed by atoms with Gasteiger partial charge in [0.2, 0.25) is 15.9 Å². The zero-order valence-electron chi connectivity index (χ0n) is 19.2. The summed E-state index contributed by atoms with van der Waals surface area (Å²) in [5.41, 5.74) is 1.58. The second-order valence-electron chi connectivity index (χ2n) is 8.09. The van der Waals surface area contributed by atoms with Gasteiger partial charge in [0.05, 0.1) is 25.2 Å². The molecule has 0 unspecified atom stereocenters. The highest BCUT2D eigenvalue weighted by molar-refractivity contribution is 7.89. The maximum Gasteiger partial charge on any atom is 0.241 e. The van der Waals surface area contributed by atoms with Gasteiger partial charge in [0.1, 0.15) is 11.8 Å². The van der Waals surface area contributed by atoms with Crippen molar-refractivity contribution in [1.82, 2.24) is 14.9 Å². The molecule has 0 aromatic heterocycles. The van der Waals surface area contributed by atoms with Crippen molar-refractivity contribution in [1.29, 1.82) is 0 Å². The molecule has 9 heteroatoms. The van der Waals surface area contributed by atoms with Crippen molar-refractivity contribution in [2.75, 3.05) is 46.5 Å². The Morgan fingerprint density at radius 1 is 1.15 bits per heavy atom. The Balaban J connectivity index is 1.66. The molecule has 180 valence electrons. The van der Waals surface area contributed by atoms with Crippen molar-refractivity contribution >= 4 is 15.9 Å². The van der Waals surface area contributed by atoms with Crippen LogP contribution in [0.3, 0.4) is 0 Å². The van der Waals surface area contributed by atoms with Crippen LogP contribution in [0.25, 0.3) is 0 Å². The number of rotatable bonds is 11. The summed E-state index contributed by atoms with van der Waals surface area (Å²) in [6, 6.07) is 13.1. The summed E-state index contributed by atoms with van der Waals surface area (Å²) in [4.78, 5) is 15.4. The van der Waals surface area contributed by atoms with Crippen LogP contribution in [0.1, 0.15) is 17.5 Å². The van der Waals surface area contributed by atoms with E-state index in [1.165, 1.54) is 13.2 Å². The molecule has 1 amide bonds. The van der Waals surface area contributed by atoms with Crippen molar-refractivity contribution in [3.8, 4) is 5.75 Å². The van der Waals surface area contributed by atoms with E-state index in [4.69, 9.17) is 9.47 Å². The number of morpholine rings is 1. The molecule has 0 bridgehead atoms. The van der Waals surface area contributed by atoms with E-state index in [9.17, 15) is 13.2 Å². The number of nitrogens with one attached hydrogen (secondary N) is 2. The van der Waals surface area contributed by atoms with Gasteiger partial charge in [-0.15, -0.1) is 0 Å². The van der Waals surface area contributed by atoms with Crippen LogP contribution in [0.15, 0.2) is 53.4 Å². The molecule has 1 fully saturated rings. The van der Waals surface area contributed by atoms with Gasteiger partial charge in [-0.2, -0.15) is 4.72 Å². The largest absolute Gasteiger partial charge is 0.496 e. The van der Waals surface area contributed by atoms with Crippen molar-refractivity contribution < 1.29 is 22.7 Å². The molecular weight excluding hydrogens is 442 g/mol. The number of hydrogen-bond acceptors (Lipinski definition) is 6. The number of amides is 1. The van der Waals surface area contributed by atoms with Crippen molar-refractivity contribution in [3.05, 3.63) is 59.7 Å². The summed E-state index contributed by atoms with van der Waals surface area (Å²) in [5.74, 6) is 0.266. The van der Waals surface area contributed by atoms with Crippen LogP contribution in [0, 0.1) is 6.92 Å². The molecule has 0 radical (unpaired) electrons. The molecule has 8 nitrogen and oxygen atoms in total. The normalized spacial score (nSPS) is 15.7. The lowest BCUT2D eigenvalue weighted by Crippen LogP contribution is -2.48. The lowest BCUT2D eigenvalue weighted by Gasteiger charge is -2.26. The Hall–Kier alpha value is -2.46. The molecule has 1 saturated heterocycles. The number of nitrogens with zero attached hydrogens (tertiary/aromatic N) is 1. The maximum atomic E-state index is 13.1. The van der Waals surface area contributed by atoms with Gasteiger partial charge in [0.15, 0.2) is 0 Å². The highest BCUT2D eigenvalue weighted by atomic mass is 32.2. The summed E-state index contributed by atoms with van der Waals surface area (Å²) in [5, 5.41) is 2.90. The number of carbonyl (C=O) groups excluding carboxylic acids is 1. The van der Waals surface area contributed by atoms with E-state index < -0.39 is 16.1 Å². The van der Waals surface area contributed by atoms with Gasteiger partial charge in [-0.1, -0.05) is 30.3 Å². The third-order valence-corrected chi connectivity index (χ3v) is 7.10. The fourth-order valence-corrected chi connectivity index (χ4v) is 5.05. The van der Waals surface area contributed by atoms with Gasteiger partial charge in [0.25, 0.3) is 0 Å². The smallest absolute Gasteiger partial charge is 0.241 e. The average molecular weight is 476 g/mol. The Kier molecular flexibility index (Phi) is 9.25. The summed E-state index contributed by atoms with van der Waals surface area (Å²) in [6.45, 7) is 6.38. The second-order valence-corrected chi connectivity index (χ2v) is 9.81. The lowest BCUT2D eigenvalue weighted by atomic mass is 10.1. The third-order valence-electron chi connectivity index (χ3n) is 5.63. The number of ether oxygens (including phenoxy) is 2. The molecule has 33 heavy (non-hydrogen) atoms. The van der Waals surface area contributed by atoms with Gasteiger partial charge >= 0.3 is 0 Å². The second kappa shape index (κ2) is 12.1. The summed E-state index contributed by atoms with van der Waals surface area (Å²) in [7, 11) is -2.37. The SMILES string of the molecule is COc1ccc(S(=O)(=O)N[C@H](Cc2ccccc2)C(=O)NCCCN2CCOCC2)cc1C. The van der Waals surface area contributed by atoms with Crippen molar-refractivity contribution in [2.45, 2.75) is 30.7 Å². The number of carbonyl (C=O) groups is 1. The van der Waals surface area contributed by atoms with E-state index in [-0.39, 0.29) is 17.2 Å². The first-order valence-corrected chi connectivity index (χ1v) is 12.7. The molecule has 0 aliphatic carbocycles. The predicted molar refractivity (Wildman–Crippen MR) is 127 cm³/mol. The summed E-state index contributed by atoms with van der Waals surface area (Å²) < 4.78 is 39.3. The van der Waals surface area contributed by atoms with Gasteiger partial charge < -0.3 is 14.8 Å². The predicted octanol–water partition coefficient (Wildman–Crippen LogP) is 1.73. The van der Waals surface area contributed by atoms with Gasteiger partial charge in [-0.05, 0) is 55.6 Å². The molecule has 0 saturated carbocycles. The molecular formula is C24H33N3O5S. The van der Waals surface area contributed by atoms with Crippen molar-refractivity contribution in [2.24, 2.45) is 0 Å². The molecule has 1 heterocycles. The fraction of sp³-hybridized carbons (Fsp3) is 0.458. The number of aryl methyl sites for hydroxylation is 1. The summed E-state index contributed by atoms with van der Waals surface area (Å²) >= 11 is 0. The van der Waals surface area contributed by atoms with E-state index in [1.54, 1.807) is 19.1 Å². The van der Waals surface area contributed by atoms with Gasteiger partial charge in [-0.25, -0.2) is 8.42 Å². The third kappa shape index (κ3) is 7.53. The van der Waals surface area contributed by atoms with E-state index in [0.717, 1.165) is 44.8 Å². The average Bonchev–Trinajstić information content (AvgIpc) is 2.82. The first-order valence-electron chi connectivity index (χ1n) is 11.2. The quantitative estimate of drug-likeness (QED) is 0.481. The van der Waals surface area contributed by atoms with Crippen LogP contribution in [-0.2, 0) is 26.0 Å². The Labute approximate surface area is 196 Å². The van der Waals surface area contributed by atoms with E-state index in [0.29, 0.717) is 17.9 Å². The minimum Gasteiger partial charge on any atom is -0.496 e. The first kappa shape index (κ1) is 25.2. The fourth-order valence-electron chi connectivity index (χ4n) is 3.77. The molecule has 1 aliphatic heterocycles. The monoisotopic (exact) mass is 475 g/mol. The number of methoxy groups -OCH3 is 1. The standard InChI is InChI=1S/C24H33N3O5S/c1-19-17-21(9-10-23(19)31-2)33(29,30)26-22(18-20-7-4-3-5-8-20)24(28)25-11-6-12-27-13-15-32-16-14-27/h3-5,7-10,17,22,26H,6,11-16,18H2,1-2H3,(H,25,28)/t22-/m1/s1. The van der Waals surface area contributed by atoms with Crippen LogP contribution >= 0.6 is 0 Å². The van der Waals surface area contributed by atoms with Crippen LogP contribution in [0.5, 0.6) is 5.75 Å².